The number of ether oxygens (including phenoxy) is 1. The minimum atomic E-state index is -0.392. The molecule has 1 heterocycles. The molecule has 0 aliphatic rings. The topological polar surface area (TPSA) is 81.0 Å². The maximum atomic E-state index is 11.4. The van der Waals surface area contributed by atoms with Crippen molar-refractivity contribution in [3.8, 4) is 6.07 Å². The van der Waals surface area contributed by atoms with Gasteiger partial charge in [-0.2, -0.15) is 5.26 Å². The van der Waals surface area contributed by atoms with Crippen LogP contribution in [0.15, 0.2) is 12.3 Å². The SMILES string of the molecule is COC(=O)c1cc(N)cn1CCCCC#N. The number of aryl methyl sites for hydroxylation is 1. The lowest BCUT2D eigenvalue weighted by Gasteiger charge is -2.06. The van der Waals surface area contributed by atoms with Gasteiger partial charge in [-0.3, -0.25) is 0 Å². The van der Waals surface area contributed by atoms with E-state index < -0.39 is 5.97 Å². The zero-order valence-corrected chi connectivity index (χ0v) is 9.27. The zero-order chi connectivity index (χ0) is 12.0. The van der Waals surface area contributed by atoms with E-state index in [9.17, 15) is 4.79 Å². The number of nitrogens with zero attached hydrogens (tertiary/aromatic N) is 2. The van der Waals surface area contributed by atoms with Crippen LogP contribution in [0, 0.1) is 11.3 Å². The largest absolute Gasteiger partial charge is 0.464 e. The molecule has 5 heteroatoms. The molecule has 0 fully saturated rings. The molecule has 16 heavy (non-hydrogen) atoms. The number of hydrogen-bond acceptors (Lipinski definition) is 4. The quantitative estimate of drug-likeness (QED) is 0.604. The highest BCUT2D eigenvalue weighted by Gasteiger charge is 2.12. The van der Waals surface area contributed by atoms with E-state index in [-0.39, 0.29) is 0 Å². The second kappa shape index (κ2) is 5.81. The fourth-order valence-electron chi connectivity index (χ4n) is 1.48. The lowest BCUT2D eigenvalue weighted by Crippen LogP contribution is -2.10. The molecule has 1 aromatic heterocycles. The van der Waals surface area contributed by atoms with Crippen LogP contribution < -0.4 is 5.73 Å². The molecule has 1 aromatic rings. The van der Waals surface area contributed by atoms with E-state index >= 15 is 0 Å². The zero-order valence-electron chi connectivity index (χ0n) is 9.27. The number of methoxy groups -OCH3 is 1. The van der Waals surface area contributed by atoms with E-state index in [2.05, 4.69) is 10.8 Å². The summed E-state index contributed by atoms with van der Waals surface area (Å²) < 4.78 is 6.41. The van der Waals surface area contributed by atoms with Gasteiger partial charge in [0.25, 0.3) is 0 Å². The number of aromatic nitrogens is 1. The van der Waals surface area contributed by atoms with Crippen LogP contribution in [-0.4, -0.2) is 17.6 Å². The first kappa shape index (κ1) is 12.1. The van der Waals surface area contributed by atoms with Gasteiger partial charge in [0.1, 0.15) is 5.69 Å². The van der Waals surface area contributed by atoms with E-state index in [1.807, 2.05) is 0 Å². The summed E-state index contributed by atoms with van der Waals surface area (Å²) >= 11 is 0. The first-order valence-electron chi connectivity index (χ1n) is 5.10. The number of esters is 1. The predicted octanol–water partition coefficient (Wildman–Crippen LogP) is 1.55. The maximum absolute atomic E-state index is 11.4. The summed E-state index contributed by atoms with van der Waals surface area (Å²) in [6, 6.07) is 3.68. The fraction of sp³-hybridized carbons (Fsp3) is 0.455. The molecular formula is C11H15N3O2. The van der Waals surface area contributed by atoms with Crippen LogP contribution >= 0.6 is 0 Å². The molecule has 0 saturated heterocycles. The Morgan fingerprint density at radius 1 is 1.62 bits per heavy atom. The van der Waals surface area contributed by atoms with Gasteiger partial charge in [-0.05, 0) is 18.9 Å². The summed E-state index contributed by atoms with van der Waals surface area (Å²) in [5, 5.41) is 8.40. The molecule has 0 aliphatic heterocycles. The molecule has 0 aromatic carbocycles. The highest BCUT2D eigenvalue weighted by atomic mass is 16.5. The highest BCUT2D eigenvalue weighted by molar-refractivity contribution is 5.88. The van der Waals surface area contributed by atoms with Gasteiger partial charge in [0.05, 0.1) is 18.9 Å². The molecule has 5 nitrogen and oxygen atoms in total. The first-order valence-corrected chi connectivity index (χ1v) is 5.10. The van der Waals surface area contributed by atoms with Gasteiger partial charge < -0.3 is 15.0 Å². The molecular weight excluding hydrogens is 206 g/mol. The number of carbonyl (C=O) groups excluding carboxylic acids is 1. The van der Waals surface area contributed by atoms with Crippen molar-refractivity contribution in [1.29, 1.82) is 5.26 Å². The summed E-state index contributed by atoms with van der Waals surface area (Å²) in [4.78, 5) is 11.4. The van der Waals surface area contributed by atoms with Crippen LogP contribution in [0.2, 0.25) is 0 Å². The second-order valence-corrected chi connectivity index (χ2v) is 3.46. The highest BCUT2D eigenvalue weighted by Crippen LogP contribution is 2.13. The number of hydrogen-bond donors (Lipinski definition) is 1. The standard InChI is InChI=1S/C11H15N3O2/c1-16-11(15)10-7-9(13)8-14(10)6-4-2-3-5-12/h7-8H,2-4,6,13H2,1H3. The van der Waals surface area contributed by atoms with Gasteiger partial charge in [0.2, 0.25) is 0 Å². The predicted molar refractivity (Wildman–Crippen MR) is 59.6 cm³/mol. The third-order valence-corrected chi connectivity index (χ3v) is 2.25. The van der Waals surface area contributed by atoms with Gasteiger partial charge in [0, 0.05) is 19.2 Å². The molecule has 86 valence electrons. The molecule has 0 amide bonds. The van der Waals surface area contributed by atoms with Crippen LogP contribution in [0.25, 0.3) is 0 Å². The number of nitrogen functional groups attached to an aromatic ring is 1. The number of anilines is 1. The van der Waals surface area contributed by atoms with Crippen molar-refractivity contribution in [3.05, 3.63) is 18.0 Å². The van der Waals surface area contributed by atoms with Crippen LogP contribution in [0.5, 0.6) is 0 Å². The van der Waals surface area contributed by atoms with Crippen molar-refractivity contribution in [2.75, 3.05) is 12.8 Å². The van der Waals surface area contributed by atoms with Gasteiger partial charge in [-0.15, -0.1) is 0 Å². The molecule has 0 unspecified atom stereocenters. The number of nitriles is 1. The van der Waals surface area contributed by atoms with Crippen molar-refractivity contribution in [2.45, 2.75) is 25.8 Å². The number of unbranched alkanes of at least 4 members (excludes halogenated alkanes) is 2. The summed E-state index contributed by atoms with van der Waals surface area (Å²) in [7, 11) is 1.34. The van der Waals surface area contributed by atoms with Crippen molar-refractivity contribution in [2.24, 2.45) is 0 Å². The summed E-state index contributed by atoms with van der Waals surface area (Å²) in [5.74, 6) is -0.392. The molecule has 0 bridgehead atoms. The average Bonchev–Trinajstić information content (AvgIpc) is 2.65. The normalized spacial score (nSPS) is 9.75. The number of rotatable bonds is 5. The van der Waals surface area contributed by atoms with Gasteiger partial charge in [-0.25, -0.2) is 4.79 Å². The smallest absolute Gasteiger partial charge is 0.354 e. The summed E-state index contributed by atoms with van der Waals surface area (Å²) in [6.07, 6.45) is 3.89. The molecule has 0 spiro atoms. The Morgan fingerprint density at radius 2 is 2.38 bits per heavy atom. The van der Waals surface area contributed by atoms with Crippen LogP contribution in [0.3, 0.4) is 0 Å². The molecule has 2 N–H and O–H groups in total. The van der Waals surface area contributed by atoms with Gasteiger partial charge in [-0.1, -0.05) is 0 Å². The van der Waals surface area contributed by atoms with E-state index in [1.165, 1.54) is 7.11 Å². The Morgan fingerprint density at radius 3 is 3.00 bits per heavy atom. The lowest BCUT2D eigenvalue weighted by molar-refractivity contribution is 0.0588. The Balaban J connectivity index is 2.64. The molecule has 0 saturated carbocycles. The van der Waals surface area contributed by atoms with E-state index in [0.717, 1.165) is 12.8 Å². The van der Waals surface area contributed by atoms with E-state index in [0.29, 0.717) is 24.3 Å². The Labute approximate surface area is 94.4 Å². The minimum absolute atomic E-state index is 0.392. The molecule has 0 radical (unpaired) electrons. The van der Waals surface area contributed by atoms with E-state index in [1.54, 1.807) is 16.8 Å². The second-order valence-electron chi connectivity index (χ2n) is 3.46. The maximum Gasteiger partial charge on any atom is 0.354 e. The number of nitrogens with two attached hydrogens (primary N) is 1. The Kier molecular flexibility index (Phi) is 4.40. The lowest BCUT2D eigenvalue weighted by atomic mass is 10.2. The van der Waals surface area contributed by atoms with Crippen molar-refractivity contribution in [3.63, 3.8) is 0 Å². The van der Waals surface area contributed by atoms with E-state index in [4.69, 9.17) is 11.0 Å². The summed E-state index contributed by atoms with van der Waals surface area (Å²) in [5.41, 5.74) is 6.62. The minimum Gasteiger partial charge on any atom is -0.464 e. The Bertz CT molecular complexity index is 404. The van der Waals surface area contributed by atoms with Crippen molar-refractivity contribution >= 4 is 11.7 Å². The van der Waals surface area contributed by atoms with Crippen LogP contribution in [0.1, 0.15) is 29.8 Å². The Hall–Kier alpha value is -1.96. The molecule has 0 aliphatic carbocycles. The van der Waals surface area contributed by atoms with Crippen molar-refractivity contribution in [1.82, 2.24) is 4.57 Å². The fourth-order valence-corrected chi connectivity index (χ4v) is 1.48. The van der Waals surface area contributed by atoms with Gasteiger partial charge >= 0.3 is 5.97 Å². The average molecular weight is 221 g/mol. The summed E-state index contributed by atoms with van der Waals surface area (Å²) in [6.45, 7) is 0.670. The first-order chi connectivity index (χ1) is 7.69. The third kappa shape index (κ3) is 3.02. The molecule has 0 atom stereocenters. The van der Waals surface area contributed by atoms with Crippen LogP contribution in [0.4, 0.5) is 5.69 Å². The monoisotopic (exact) mass is 221 g/mol. The number of carbonyl (C=O) groups is 1. The third-order valence-electron chi connectivity index (χ3n) is 2.25. The van der Waals surface area contributed by atoms with Crippen LogP contribution in [-0.2, 0) is 11.3 Å². The molecule has 1 rings (SSSR count). The van der Waals surface area contributed by atoms with Crippen molar-refractivity contribution < 1.29 is 9.53 Å². The van der Waals surface area contributed by atoms with Gasteiger partial charge in [0.15, 0.2) is 0 Å².